The van der Waals surface area contributed by atoms with Crippen LogP contribution in [0.1, 0.15) is 27.9 Å². The van der Waals surface area contributed by atoms with Crippen molar-refractivity contribution in [3.8, 4) is 17.8 Å². The summed E-state index contributed by atoms with van der Waals surface area (Å²) < 4.78 is 6.70. The topological polar surface area (TPSA) is 67.9 Å². The molecule has 0 spiro atoms. The average molecular weight is 283 g/mol. The highest BCUT2D eigenvalue weighted by Gasteiger charge is 2.16. The number of methoxy groups -OCH3 is 1. The van der Waals surface area contributed by atoms with Crippen LogP contribution in [-0.4, -0.2) is 16.7 Å². The Balaban J connectivity index is 2.86. The highest BCUT2D eigenvalue weighted by Crippen LogP contribution is 2.22. The molecule has 2 aromatic rings. The standard InChI is InChI=1S/C16H17N3O2/c1-9-7-14(10(2)6-13(9)8-17)19-15(20)11(3)12(4)18-16(19)21-5/h6-7H,1-5H3. The van der Waals surface area contributed by atoms with E-state index in [0.29, 0.717) is 22.5 Å². The Morgan fingerprint density at radius 3 is 2.43 bits per heavy atom. The molecule has 0 radical (unpaired) electrons. The maximum atomic E-state index is 12.6. The van der Waals surface area contributed by atoms with Gasteiger partial charge in [-0.05, 0) is 51.0 Å². The van der Waals surface area contributed by atoms with E-state index >= 15 is 0 Å². The molecule has 2 rings (SSSR count). The first-order chi connectivity index (χ1) is 9.90. The van der Waals surface area contributed by atoms with Crippen molar-refractivity contribution in [1.29, 1.82) is 5.26 Å². The van der Waals surface area contributed by atoms with Crippen molar-refractivity contribution in [2.45, 2.75) is 27.7 Å². The van der Waals surface area contributed by atoms with Crippen LogP contribution in [-0.2, 0) is 0 Å². The van der Waals surface area contributed by atoms with Gasteiger partial charge in [-0.25, -0.2) is 9.55 Å². The Hall–Kier alpha value is -2.61. The molecule has 0 N–H and O–H groups in total. The largest absolute Gasteiger partial charge is 0.468 e. The second-order valence-corrected chi connectivity index (χ2v) is 5.01. The van der Waals surface area contributed by atoms with Gasteiger partial charge in [0.1, 0.15) is 0 Å². The van der Waals surface area contributed by atoms with Crippen LogP contribution in [0.15, 0.2) is 16.9 Å². The molecule has 1 aromatic heterocycles. The molecule has 1 aromatic carbocycles. The van der Waals surface area contributed by atoms with E-state index in [1.807, 2.05) is 19.9 Å². The van der Waals surface area contributed by atoms with Crippen LogP contribution in [0.4, 0.5) is 0 Å². The van der Waals surface area contributed by atoms with E-state index in [2.05, 4.69) is 11.1 Å². The van der Waals surface area contributed by atoms with Gasteiger partial charge in [-0.1, -0.05) is 0 Å². The van der Waals surface area contributed by atoms with Gasteiger partial charge in [-0.3, -0.25) is 4.79 Å². The Labute approximate surface area is 123 Å². The Bertz CT molecular complexity index is 814. The maximum Gasteiger partial charge on any atom is 0.303 e. The smallest absolute Gasteiger partial charge is 0.303 e. The van der Waals surface area contributed by atoms with Crippen molar-refractivity contribution in [3.05, 3.63) is 50.4 Å². The molecule has 0 aliphatic rings. The van der Waals surface area contributed by atoms with E-state index in [1.54, 1.807) is 19.9 Å². The molecular formula is C16H17N3O2. The number of ether oxygens (including phenoxy) is 1. The summed E-state index contributed by atoms with van der Waals surface area (Å²) in [5.41, 5.74) is 3.98. The molecule has 0 bridgehead atoms. The van der Waals surface area contributed by atoms with Crippen molar-refractivity contribution < 1.29 is 4.74 Å². The molecular weight excluding hydrogens is 266 g/mol. The zero-order valence-corrected chi connectivity index (χ0v) is 12.8. The molecule has 0 amide bonds. The van der Waals surface area contributed by atoms with E-state index in [0.717, 1.165) is 11.1 Å². The number of aryl methyl sites for hydroxylation is 3. The van der Waals surface area contributed by atoms with Gasteiger partial charge in [-0.2, -0.15) is 5.26 Å². The third-order valence-corrected chi connectivity index (χ3v) is 3.61. The lowest BCUT2D eigenvalue weighted by Gasteiger charge is -2.16. The fraction of sp³-hybridized carbons (Fsp3) is 0.312. The number of rotatable bonds is 2. The lowest BCUT2D eigenvalue weighted by atomic mass is 10.0. The van der Waals surface area contributed by atoms with Crippen LogP contribution in [0.25, 0.3) is 5.69 Å². The summed E-state index contributed by atoms with van der Waals surface area (Å²) in [6.45, 7) is 7.22. The van der Waals surface area contributed by atoms with Crippen molar-refractivity contribution in [2.75, 3.05) is 7.11 Å². The van der Waals surface area contributed by atoms with Crippen LogP contribution in [0.2, 0.25) is 0 Å². The first-order valence-electron chi connectivity index (χ1n) is 6.56. The van der Waals surface area contributed by atoms with Gasteiger partial charge in [0.15, 0.2) is 0 Å². The third-order valence-electron chi connectivity index (χ3n) is 3.61. The number of aromatic nitrogens is 2. The van der Waals surface area contributed by atoms with Gasteiger partial charge in [0.25, 0.3) is 5.56 Å². The normalized spacial score (nSPS) is 10.3. The van der Waals surface area contributed by atoms with Gasteiger partial charge in [0.2, 0.25) is 0 Å². The molecule has 0 saturated heterocycles. The van der Waals surface area contributed by atoms with Crippen molar-refractivity contribution >= 4 is 0 Å². The summed E-state index contributed by atoms with van der Waals surface area (Å²) in [6.07, 6.45) is 0. The van der Waals surface area contributed by atoms with Crippen molar-refractivity contribution in [2.24, 2.45) is 0 Å². The first-order valence-corrected chi connectivity index (χ1v) is 6.56. The van der Waals surface area contributed by atoms with E-state index < -0.39 is 0 Å². The molecule has 21 heavy (non-hydrogen) atoms. The molecule has 0 aliphatic carbocycles. The number of hydrogen-bond donors (Lipinski definition) is 0. The van der Waals surface area contributed by atoms with Crippen molar-refractivity contribution in [3.63, 3.8) is 0 Å². The zero-order valence-electron chi connectivity index (χ0n) is 12.8. The molecule has 0 unspecified atom stereocenters. The van der Waals surface area contributed by atoms with Gasteiger partial charge in [0.05, 0.1) is 30.1 Å². The average Bonchev–Trinajstić information content (AvgIpc) is 2.46. The van der Waals surface area contributed by atoms with E-state index in [-0.39, 0.29) is 11.6 Å². The van der Waals surface area contributed by atoms with E-state index in [9.17, 15) is 4.79 Å². The summed E-state index contributed by atoms with van der Waals surface area (Å²) in [4.78, 5) is 16.9. The predicted molar refractivity (Wildman–Crippen MR) is 80.0 cm³/mol. The molecule has 0 saturated carbocycles. The second-order valence-electron chi connectivity index (χ2n) is 5.01. The fourth-order valence-corrected chi connectivity index (χ4v) is 2.20. The van der Waals surface area contributed by atoms with Gasteiger partial charge < -0.3 is 4.74 Å². The third kappa shape index (κ3) is 2.40. The van der Waals surface area contributed by atoms with Gasteiger partial charge in [-0.15, -0.1) is 0 Å². The minimum Gasteiger partial charge on any atom is -0.468 e. The van der Waals surface area contributed by atoms with E-state index in [1.165, 1.54) is 11.7 Å². The fourth-order valence-electron chi connectivity index (χ4n) is 2.20. The van der Waals surface area contributed by atoms with Crippen LogP contribution in [0, 0.1) is 39.0 Å². The second kappa shape index (κ2) is 5.41. The zero-order chi connectivity index (χ0) is 15.7. The molecule has 5 nitrogen and oxygen atoms in total. The highest BCUT2D eigenvalue weighted by molar-refractivity contribution is 5.52. The summed E-state index contributed by atoms with van der Waals surface area (Å²) in [6, 6.07) is 5.97. The van der Waals surface area contributed by atoms with Crippen LogP contribution in [0.3, 0.4) is 0 Å². The number of nitrogens with zero attached hydrogens (tertiary/aromatic N) is 3. The summed E-state index contributed by atoms with van der Waals surface area (Å²) in [5.74, 6) is 0. The SMILES string of the molecule is COc1nc(C)c(C)c(=O)n1-c1cc(C)c(C#N)cc1C. The van der Waals surface area contributed by atoms with Crippen LogP contribution < -0.4 is 10.3 Å². The molecule has 0 fully saturated rings. The maximum absolute atomic E-state index is 12.6. The molecule has 0 atom stereocenters. The van der Waals surface area contributed by atoms with Crippen LogP contribution in [0.5, 0.6) is 6.01 Å². The number of nitriles is 1. The summed E-state index contributed by atoms with van der Waals surface area (Å²) >= 11 is 0. The quantitative estimate of drug-likeness (QED) is 0.848. The number of benzene rings is 1. The van der Waals surface area contributed by atoms with Gasteiger partial charge in [0, 0.05) is 5.56 Å². The lowest BCUT2D eigenvalue weighted by molar-refractivity contribution is 0.364. The Morgan fingerprint density at radius 2 is 1.86 bits per heavy atom. The Kier molecular flexibility index (Phi) is 3.81. The lowest BCUT2D eigenvalue weighted by Crippen LogP contribution is -2.25. The van der Waals surface area contributed by atoms with Crippen molar-refractivity contribution in [1.82, 2.24) is 9.55 Å². The molecule has 0 aliphatic heterocycles. The monoisotopic (exact) mass is 283 g/mol. The van der Waals surface area contributed by atoms with Gasteiger partial charge >= 0.3 is 6.01 Å². The number of hydrogen-bond acceptors (Lipinski definition) is 4. The predicted octanol–water partition coefficient (Wildman–Crippen LogP) is 2.35. The molecule has 108 valence electrons. The first kappa shape index (κ1) is 14.8. The molecule has 5 heteroatoms. The van der Waals surface area contributed by atoms with Crippen LogP contribution >= 0.6 is 0 Å². The molecule has 1 heterocycles. The highest BCUT2D eigenvalue weighted by atomic mass is 16.5. The minimum atomic E-state index is -0.161. The summed E-state index contributed by atoms with van der Waals surface area (Å²) in [5, 5.41) is 9.08. The van der Waals surface area contributed by atoms with E-state index in [4.69, 9.17) is 10.00 Å². The Morgan fingerprint density at radius 1 is 1.19 bits per heavy atom. The minimum absolute atomic E-state index is 0.161. The summed E-state index contributed by atoms with van der Waals surface area (Å²) in [7, 11) is 1.49.